The minimum Gasteiger partial charge on any atom is -0.467 e. The average Bonchev–Trinajstić information content (AvgIpc) is 2.86. The highest BCUT2D eigenvalue weighted by molar-refractivity contribution is 5.19. The predicted molar refractivity (Wildman–Crippen MR) is 61.7 cm³/mol. The van der Waals surface area contributed by atoms with E-state index in [1.165, 1.54) is 0 Å². The van der Waals surface area contributed by atoms with Crippen LogP contribution in [-0.4, -0.2) is 16.1 Å². The maximum Gasteiger partial charge on any atom is 0.258 e. The zero-order valence-corrected chi connectivity index (χ0v) is 9.35. The van der Waals surface area contributed by atoms with Crippen molar-refractivity contribution in [2.24, 2.45) is 0 Å². The first-order chi connectivity index (χ1) is 8.34. The second-order valence-electron chi connectivity index (χ2n) is 4.11. The molecule has 0 saturated carbocycles. The Bertz CT molecular complexity index is 572. The molecule has 17 heavy (non-hydrogen) atoms. The van der Waals surface area contributed by atoms with E-state index in [0.29, 0.717) is 13.1 Å². The van der Waals surface area contributed by atoms with E-state index >= 15 is 0 Å². The van der Waals surface area contributed by atoms with Crippen LogP contribution in [0.15, 0.2) is 33.9 Å². The summed E-state index contributed by atoms with van der Waals surface area (Å²) in [5.41, 5.74) is 1.73. The Morgan fingerprint density at radius 2 is 2.47 bits per heavy atom. The van der Waals surface area contributed by atoms with Crippen molar-refractivity contribution < 1.29 is 4.42 Å². The summed E-state index contributed by atoms with van der Waals surface area (Å²) in [5.74, 6) is 0.762. The van der Waals surface area contributed by atoms with Gasteiger partial charge in [0.05, 0.1) is 30.4 Å². The van der Waals surface area contributed by atoms with Gasteiger partial charge in [0.1, 0.15) is 5.76 Å². The summed E-state index contributed by atoms with van der Waals surface area (Å²) in [4.78, 5) is 16.5. The number of nitrogens with one attached hydrogen (secondary N) is 1. The molecule has 0 bridgehead atoms. The van der Waals surface area contributed by atoms with Crippen LogP contribution < -0.4 is 10.9 Å². The van der Waals surface area contributed by atoms with Crippen molar-refractivity contribution in [2.75, 3.05) is 6.54 Å². The molecule has 0 amide bonds. The van der Waals surface area contributed by atoms with Crippen molar-refractivity contribution in [3.63, 3.8) is 0 Å². The number of aromatic nitrogens is 2. The van der Waals surface area contributed by atoms with Gasteiger partial charge in [-0.2, -0.15) is 0 Å². The molecular weight excluding hydrogens is 218 g/mol. The van der Waals surface area contributed by atoms with Crippen LogP contribution in [0.3, 0.4) is 0 Å². The lowest BCUT2D eigenvalue weighted by Crippen LogP contribution is -2.34. The third kappa shape index (κ3) is 1.89. The van der Waals surface area contributed by atoms with Crippen LogP contribution >= 0.6 is 0 Å². The lowest BCUT2D eigenvalue weighted by Gasteiger charge is -2.16. The fourth-order valence-electron chi connectivity index (χ4n) is 2.06. The van der Waals surface area contributed by atoms with Crippen LogP contribution in [0.1, 0.15) is 17.0 Å². The third-order valence-electron chi connectivity index (χ3n) is 2.97. The lowest BCUT2D eigenvalue weighted by molar-refractivity contribution is 0.484. The molecule has 1 aliphatic heterocycles. The molecule has 3 heterocycles. The zero-order valence-electron chi connectivity index (χ0n) is 9.35. The minimum absolute atomic E-state index is 0.0265. The highest BCUT2D eigenvalue weighted by atomic mass is 16.3. The van der Waals surface area contributed by atoms with Crippen molar-refractivity contribution in [1.29, 1.82) is 0 Å². The van der Waals surface area contributed by atoms with E-state index in [0.717, 1.165) is 30.0 Å². The molecule has 0 aromatic carbocycles. The molecule has 0 unspecified atom stereocenters. The van der Waals surface area contributed by atoms with Gasteiger partial charge in [-0.05, 0) is 12.1 Å². The summed E-state index contributed by atoms with van der Waals surface area (Å²) < 4.78 is 6.82. The normalized spacial score (nSPS) is 14.6. The van der Waals surface area contributed by atoms with Crippen LogP contribution in [-0.2, 0) is 19.5 Å². The summed E-state index contributed by atoms with van der Waals surface area (Å²) in [7, 11) is 0. The van der Waals surface area contributed by atoms with Gasteiger partial charge in [0.15, 0.2) is 0 Å². The standard InChI is InChI=1S/C12H13N3O2/c16-12-10-6-13-4-3-11(10)14-8-15(12)7-9-2-1-5-17-9/h1-2,5,8,13H,3-4,6-7H2. The lowest BCUT2D eigenvalue weighted by atomic mass is 10.1. The first kappa shape index (κ1) is 10.3. The first-order valence-electron chi connectivity index (χ1n) is 5.65. The maximum absolute atomic E-state index is 12.2. The van der Waals surface area contributed by atoms with E-state index in [9.17, 15) is 4.79 Å². The molecule has 0 spiro atoms. The van der Waals surface area contributed by atoms with Crippen molar-refractivity contribution in [2.45, 2.75) is 19.5 Å². The van der Waals surface area contributed by atoms with Crippen LogP contribution in [0.2, 0.25) is 0 Å². The smallest absolute Gasteiger partial charge is 0.258 e. The van der Waals surface area contributed by atoms with Crippen molar-refractivity contribution in [3.8, 4) is 0 Å². The molecule has 0 aliphatic carbocycles. The van der Waals surface area contributed by atoms with Gasteiger partial charge in [0.25, 0.3) is 5.56 Å². The fraction of sp³-hybridized carbons (Fsp3) is 0.333. The number of furan rings is 1. The zero-order chi connectivity index (χ0) is 11.7. The molecule has 3 rings (SSSR count). The van der Waals surface area contributed by atoms with Gasteiger partial charge in [-0.3, -0.25) is 9.36 Å². The second kappa shape index (κ2) is 4.18. The van der Waals surface area contributed by atoms with Gasteiger partial charge >= 0.3 is 0 Å². The molecule has 1 aliphatic rings. The molecule has 0 radical (unpaired) electrons. The van der Waals surface area contributed by atoms with E-state index in [1.807, 2.05) is 12.1 Å². The Labute approximate surface area is 98.1 Å². The molecule has 5 nitrogen and oxygen atoms in total. The molecule has 2 aromatic heterocycles. The maximum atomic E-state index is 12.2. The largest absolute Gasteiger partial charge is 0.467 e. The summed E-state index contributed by atoms with van der Waals surface area (Å²) >= 11 is 0. The molecule has 5 heteroatoms. The fourth-order valence-corrected chi connectivity index (χ4v) is 2.06. The Balaban J connectivity index is 1.98. The molecule has 0 fully saturated rings. The van der Waals surface area contributed by atoms with E-state index < -0.39 is 0 Å². The molecule has 2 aromatic rings. The van der Waals surface area contributed by atoms with E-state index in [1.54, 1.807) is 17.2 Å². The Morgan fingerprint density at radius 1 is 1.53 bits per heavy atom. The van der Waals surface area contributed by atoms with Gasteiger partial charge in [-0.25, -0.2) is 4.98 Å². The number of rotatable bonds is 2. The van der Waals surface area contributed by atoms with Gasteiger partial charge in [0, 0.05) is 19.5 Å². The minimum atomic E-state index is 0.0265. The molecular formula is C12H13N3O2. The molecule has 0 saturated heterocycles. The number of nitrogens with zero attached hydrogens (tertiary/aromatic N) is 2. The van der Waals surface area contributed by atoms with E-state index in [4.69, 9.17) is 4.42 Å². The Hall–Kier alpha value is -1.88. The highest BCUT2D eigenvalue weighted by Crippen LogP contribution is 2.07. The Morgan fingerprint density at radius 3 is 3.29 bits per heavy atom. The predicted octanol–water partition coefficient (Wildman–Crippen LogP) is 0.530. The third-order valence-corrected chi connectivity index (χ3v) is 2.97. The SMILES string of the molecule is O=c1c2c(ncn1Cc1ccco1)CCNC2. The van der Waals surface area contributed by atoms with Crippen molar-refractivity contribution in [1.82, 2.24) is 14.9 Å². The highest BCUT2D eigenvalue weighted by Gasteiger charge is 2.15. The van der Waals surface area contributed by atoms with E-state index in [2.05, 4.69) is 10.3 Å². The number of hydrogen-bond acceptors (Lipinski definition) is 4. The van der Waals surface area contributed by atoms with Crippen molar-refractivity contribution >= 4 is 0 Å². The van der Waals surface area contributed by atoms with Gasteiger partial charge in [-0.15, -0.1) is 0 Å². The Kier molecular flexibility index (Phi) is 2.53. The summed E-state index contributed by atoms with van der Waals surface area (Å²) in [5, 5.41) is 3.19. The van der Waals surface area contributed by atoms with Crippen LogP contribution in [0.4, 0.5) is 0 Å². The number of fused-ring (bicyclic) bond motifs is 1. The molecule has 1 N–H and O–H groups in total. The van der Waals surface area contributed by atoms with Crippen LogP contribution in [0, 0.1) is 0 Å². The molecule has 0 atom stereocenters. The van der Waals surface area contributed by atoms with Gasteiger partial charge in [0.2, 0.25) is 0 Å². The van der Waals surface area contributed by atoms with E-state index in [-0.39, 0.29) is 5.56 Å². The second-order valence-corrected chi connectivity index (χ2v) is 4.11. The quantitative estimate of drug-likeness (QED) is 0.819. The number of hydrogen-bond donors (Lipinski definition) is 1. The molecule has 88 valence electrons. The van der Waals surface area contributed by atoms with Crippen LogP contribution in [0.5, 0.6) is 0 Å². The topological polar surface area (TPSA) is 60.1 Å². The van der Waals surface area contributed by atoms with Crippen molar-refractivity contribution in [3.05, 3.63) is 52.1 Å². The van der Waals surface area contributed by atoms with Gasteiger partial charge < -0.3 is 9.73 Å². The average molecular weight is 231 g/mol. The summed E-state index contributed by atoms with van der Waals surface area (Å²) in [6.45, 7) is 1.94. The summed E-state index contributed by atoms with van der Waals surface area (Å²) in [6, 6.07) is 3.66. The monoisotopic (exact) mass is 231 g/mol. The summed E-state index contributed by atoms with van der Waals surface area (Å²) in [6.07, 6.45) is 4.04. The first-order valence-corrected chi connectivity index (χ1v) is 5.65. The van der Waals surface area contributed by atoms with Crippen LogP contribution in [0.25, 0.3) is 0 Å². The van der Waals surface area contributed by atoms with Gasteiger partial charge in [-0.1, -0.05) is 0 Å².